The van der Waals surface area contributed by atoms with Gasteiger partial charge in [0.15, 0.2) is 6.10 Å². The van der Waals surface area contributed by atoms with Gasteiger partial charge in [0.05, 0.1) is 0 Å². The second kappa shape index (κ2) is 7.59. The molecule has 0 unspecified atom stereocenters. The van der Waals surface area contributed by atoms with Gasteiger partial charge in [0.1, 0.15) is 11.6 Å². The van der Waals surface area contributed by atoms with Crippen molar-refractivity contribution in [1.29, 1.82) is 0 Å². The summed E-state index contributed by atoms with van der Waals surface area (Å²) in [6, 6.07) is 10.7. The second-order valence-electron chi connectivity index (χ2n) is 5.41. The van der Waals surface area contributed by atoms with Gasteiger partial charge in [-0.05, 0) is 56.2 Å². The minimum atomic E-state index is -0.807. The van der Waals surface area contributed by atoms with Gasteiger partial charge in [-0.25, -0.2) is 4.39 Å². The number of carbonyl (C=O) groups excluding carboxylic acids is 2. The molecule has 0 fully saturated rings. The maximum absolute atomic E-state index is 13.1. The van der Waals surface area contributed by atoms with Crippen LogP contribution in [0.25, 0.3) is 0 Å². The van der Waals surface area contributed by atoms with Gasteiger partial charge in [0.2, 0.25) is 0 Å². The Kier molecular flexibility index (Phi) is 5.52. The fourth-order valence-electron chi connectivity index (χ4n) is 2.02. The maximum atomic E-state index is 13.1. The number of rotatable bonds is 4. The Balaban J connectivity index is 1.92. The van der Waals surface area contributed by atoms with Gasteiger partial charge in [-0.1, -0.05) is 18.2 Å². The zero-order valence-electron chi connectivity index (χ0n) is 13.7. The van der Waals surface area contributed by atoms with Crippen molar-refractivity contribution in [2.24, 2.45) is 0 Å². The molecule has 0 aromatic heterocycles. The molecular formula is C18H19FN2O3. The maximum Gasteiger partial charge on any atom is 0.279 e. The van der Waals surface area contributed by atoms with Crippen molar-refractivity contribution >= 4 is 11.8 Å². The van der Waals surface area contributed by atoms with Gasteiger partial charge < -0.3 is 4.74 Å². The molecule has 0 spiro atoms. The quantitative estimate of drug-likeness (QED) is 0.847. The van der Waals surface area contributed by atoms with Crippen LogP contribution in [0.15, 0.2) is 42.5 Å². The lowest BCUT2D eigenvalue weighted by molar-refractivity contribution is -0.128. The van der Waals surface area contributed by atoms with Crippen LogP contribution in [0.1, 0.15) is 28.4 Å². The average Bonchev–Trinajstić information content (AvgIpc) is 2.56. The average molecular weight is 330 g/mol. The van der Waals surface area contributed by atoms with Crippen LogP contribution in [0.4, 0.5) is 4.39 Å². The topological polar surface area (TPSA) is 67.4 Å². The molecule has 2 rings (SSSR count). The highest BCUT2D eigenvalue weighted by molar-refractivity contribution is 5.95. The lowest BCUT2D eigenvalue weighted by atomic mass is 10.1. The second-order valence-corrected chi connectivity index (χ2v) is 5.41. The van der Waals surface area contributed by atoms with E-state index in [1.807, 2.05) is 26.0 Å². The highest BCUT2D eigenvalue weighted by Gasteiger charge is 2.17. The summed E-state index contributed by atoms with van der Waals surface area (Å²) >= 11 is 0. The van der Waals surface area contributed by atoms with Crippen molar-refractivity contribution in [1.82, 2.24) is 10.9 Å². The summed E-state index contributed by atoms with van der Waals surface area (Å²) in [5.74, 6) is -1.04. The fourth-order valence-corrected chi connectivity index (χ4v) is 2.02. The van der Waals surface area contributed by atoms with Gasteiger partial charge >= 0.3 is 0 Å². The first-order valence-corrected chi connectivity index (χ1v) is 7.47. The van der Waals surface area contributed by atoms with Crippen LogP contribution >= 0.6 is 0 Å². The first-order valence-electron chi connectivity index (χ1n) is 7.47. The molecule has 2 N–H and O–H groups in total. The van der Waals surface area contributed by atoms with Crippen molar-refractivity contribution in [2.45, 2.75) is 26.9 Å². The van der Waals surface area contributed by atoms with E-state index in [2.05, 4.69) is 10.9 Å². The van der Waals surface area contributed by atoms with Crippen LogP contribution < -0.4 is 15.6 Å². The van der Waals surface area contributed by atoms with Gasteiger partial charge in [-0.3, -0.25) is 20.4 Å². The summed E-state index contributed by atoms with van der Waals surface area (Å²) in [6.07, 6.45) is -0.807. The number of benzene rings is 2. The molecular weight excluding hydrogens is 311 g/mol. The van der Waals surface area contributed by atoms with E-state index < -0.39 is 23.7 Å². The van der Waals surface area contributed by atoms with E-state index in [4.69, 9.17) is 4.74 Å². The van der Waals surface area contributed by atoms with Gasteiger partial charge in [0.25, 0.3) is 11.8 Å². The van der Waals surface area contributed by atoms with E-state index in [0.29, 0.717) is 5.75 Å². The minimum absolute atomic E-state index is 0.110. The van der Waals surface area contributed by atoms with Crippen molar-refractivity contribution in [3.05, 3.63) is 65.0 Å². The number of halogens is 1. The third-order valence-electron chi connectivity index (χ3n) is 3.61. The fraction of sp³-hybridized carbons (Fsp3) is 0.222. The summed E-state index contributed by atoms with van der Waals surface area (Å²) in [6.45, 7) is 5.43. The van der Waals surface area contributed by atoms with Crippen LogP contribution in [0, 0.1) is 19.7 Å². The zero-order valence-corrected chi connectivity index (χ0v) is 13.7. The lowest BCUT2D eigenvalue weighted by Crippen LogP contribution is -2.47. The number of nitrogens with one attached hydrogen (secondary N) is 2. The molecule has 2 aromatic rings. The van der Waals surface area contributed by atoms with Crippen LogP contribution in [-0.2, 0) is 4.79 Å². The van der Waals surface area contributed by atoms with E-state index in [1.165, 1.54) is 18.2 Å². The number of carbonyl (C=O) groups is 2. The summed E-state index contributed by atoms with van der Waals surface area (Å²) in [4.78, 5) is 23.9. The largest absolute Gasteiger partial charge is 0.481 e. The molecule has 2 aromatic carbocycles. The molecule has 0 radical (unpaired) electrons. The Morgan fingerprint density at radius 2 is 1.79 bits per heavy atom. The van der Waals surface area contributed by atoms with Crippen molar-refractivity contribution in [2.75, 3.05) is 0 Å². The number of aryl methyl sites for hydroxylation is 1. The Bertz CT molecular complexity index is 762. The monoisotopic (exact) mass is 330 g/mol. The summed E-state index contributed by atoms with van der Waals surface area (Å²) < 4.78 is 18.7. The first kappa shape index (κ1) is 17.5. The molecule has 0 saturated carbocycles. The predicted octanol–water partition coefficient (Wildman–Crippen LogP) is 2.67. The third kappa shape index (κ3) is 4.32. The predicted molar refractivity (Wildman–Crippen MR) is 88.0 cm³/mol. The first-order chi connectivity index (χ1) is 11.4. The van der Waals surface area contributed by atoms with Crippen molar-refractivity contribution in [3.63, 3.8) is 0 Å². The van der Waals surface area contributed by atoms with E-state index in [9.17, 15) is 14.0 Å². The number of amides is 2. The molecule has 0 aliphatic carbocycles. The van der Waals surface area contributed by atoms with Crippen LogP contribution in [0.2, 0.25) is 0 Å². The van der Waals surface area contributed by atoms with Crippen LogP contribution in [0.3, 0.4) is 0 Å². The normalized spacial score (nSPS) is 11.5. The SMILES string of the molecule is Cc1cccc(O[C@H](C)C(=O)NNC(=O)c2cccc(F)c2)c1C. The number of hydrogen-bond donors (Lipinski definition) is 2. The van der Waals surface area contributed by atoms with Gasteiger partial charge in [-0.2, -0.15) is 0 Å². The molecule has 6 heteroatoms. The standard InChI is InChI=1S/C18H19FN2O3/c1-11-6-4-9-16(12(11)2)24-13(3)17(22)20-21-18(23)14-7-5-8-15(19)10-14/h4-10,13H,1-3H3,(H,20,22)(H,21,23)/t13-/m1/s1. The molecule has 0 aliphatic rings. The van der Waals surface area contributed by atoms with Crippen molar-refractivity contribution in [3.8, 4) is 5.75 Å². The molecule has 0 bridgehead atoms. The van der Waals surface area contributed by atoms with E-state index in [-0.39, 0.29) is 5.56 Å². The number of hydrazine groups is 1. The minimum Gasteiger partial charge on any atom is -0.481 e. The molecule has 1 atom stereocenters. The number of hydrogen-bond acceptors (Lipinski definition) is 3. The van der Waals surface area contributed by atoms with E-state index in [1.54, 1.807) is 13.0 Å². The third-order valence-corrected chi connectivity index (χ3v) is 3.61. The Hall–Kier alpha value is -2.89. The van der Waals surface area contributed by atoms with E-state index in [0.717, 1.165) is 17.2 Å². The van der Waals surface area contributed by atoms with Gasteiger partial charge in [0, 0.05) is 5.56 Å². The summed E-state index contributed by atoms with van der Waals surface area (Å²) in [5, 5.41) is 0. The molecule has 0 heterocycles. The molecule has 5 nitrogen and oxygen atoms in total. The van der Waals surface area contributed by atoms with Crippen LogP contribution in [-0.4, -0.2) is 17.9 Å². The van der Waals surface area contributed by atoms with Crippen LogP contribution in [0.5, 0.6) is 5.75 Å². The zero-order chi connectivity index (χ0) is 17.7. The number of ether oxygens (including phenoxy) is 1. The highest BCUT2D eigenvalue weighted by atomic mass is 19.1. The Labute approximate surface area is 139 Å². The van der Waals surface area contributed by atoms with Crippen molar-refractivity contribution < 1.29 is 18.7 Å². The van der Waals surface area contributed by atoms with Gasteiger partial charge in [-0.15, -0.1) is 0 Å². The highest BCUT2D eigenvalue weighted by Crippen LogP contribution is 2.21. The summed E-state index contributed by atoms with van der Waals surface area (Å²) in [7, 11) is 0. The summed E-state index contributed by atoms with van der Waals surface area (Å²) in [5.41, 5.74) is 6.61. The Morgan fingerprint density at radius 1 is 1.08 bits per heavy atom. The molecule has 0 aliphatic heterocycles. The molecule has 2 amide bonds. The Morgan fingerprint density at radius 3 is 2.50 bits per heavy atom. The molecule has 0 saturated heterocycles. The molecule has 126 valence electrons. The van der Waals surface area contributed by atoms with E-state index >= 15 is 0 Å². The lowest BCUT2D eigenvalue weighted by Gasteiger charge is -2.17. The smallest absolute Gasteiger partial charge is 0.279 e. The molecule has 24 heavy (non-hydrogen) atoms.